The molecule has 4 heteroatoms. The lowest BCUT2D eigenvalue weighted by Crippen LogP contribution is -2.30. The van der Waals surface area contributed by atoms with Gasteiger partial charge < -0.3 is 11.1 Å². The summed E-state index contributed by atoms with van der Waals surface area (Å²) in [5, 5.41) is 3.42. The Morgan fingerprint density at radius 2 is 1.89 bits per heavy atom. The number of hydrogen-bond donors (Lipinski definition) is 2. The lowest BCUT2D eigenvalue weighted by Gasteiger charge is -2.32. The number of hydrogen-bond acceptors (Lipinski definition) is 2. The molecule has 1 fully saturated rings. The van der Waals surface area contributed by atoms with Gasteiger partial charge in [0.2, 0.25) is 0 Å². The molecule has 0 aromatic heterocycles. The SMILES string of the molecule is CC1CC(C)CC(Nc2ccc(C(N)=S)c(F)c2)C1. The fraction of sp³-hybridized carbons (Fsp3) is 0.533. The molecule has 19 heavy (non-hydrogen) atoms. The molecule has 0 aliphatic heterocycles. The van der Waals surface area contributed by atoms with E-state index in [1.54, 1.807) is 6.07 Å². The molecule has 0 saturated heterocycles. The number of thiocarbonyl (C=S) groups is 1. The molecule has 0 spiro atoms. The van der Waals surface area contributed by atoms with E-state index < -0.39 is 0 Å². The first kappa shape index (κ1) is 14.3. The van der Waals surface area contributed by atoms with Crippen molar-refractivity contribution in [3.05, 3.63) is 29.6 Å². The van der Waals surface area contributed by atoms with Crippen LogP contribution < -0.4 is 11.1 Å². The van der Waals surface area contributed by atoms with E-state index in [1.807, 2.05) is 6.07 Å². The van der Waals surface area contributed by atoms with Gasteiger partial charge in [0, 0.05) is 17.3 Å². The van der Waals surface area contributed by atoms with Crippen molar-refractivity contribution < 1.29 is 4.39 Å². The molecule has 1 aromatic rings. The minimum atomic E-state index is -0.352. The third kappa shape index (κ3) is 3.66. The second-order valence-corrected chi connectivity index (χ2v) is 6.26. The molecular formula is C15H21FN2S. The van der Waals surface area contributed by atoms with Gasteiger partial charge in [0.25, 0.3) is 0 Å². The second-order valence-electron chi connectivity index (χ2n) is 5.82. The smallest absolute Gasteiger partial charge is 0.135 e. The fourth-order valence-corrected chi connectivity index (χ4v) is 3.27. The van der Waals surface area contributed by atoms with Crippen LogP contribution >= 0.6 is 12.2 Å². The van der Waals surface area contributed by atoms with Crippen LogP contribution in [0.15, 0.2) is 18.2 Å². The van der Waals surface area contributed by atoms with Gasteiger partial charge >= 0.3 is 0 Å². The van der Waals surface area contributed by atoms with Gasteiger partial charge in [-0.05, 0) is 49.3 Å². The molecule has 0 heterocycles. The zero-order valence-electron chi connectivity index (χ0n) is 11.4. The standard InChI is InChI=1S/C15H21FN2S/c1-9-5-10(2)7-12(6-9)18-11-3-4-13(15(17)19)14(16)8-11/h3-4,8-10,12,18H,5-7H2,1-2H3,(H2,17,19). The quantitative estimate of drug-likeness (QED) is 0.829. The van der Waals surface area contributed by atoms with Crippen molar-refractivity contribution in [1.82, 2.24) is 0 Å². The summed E-state index contributed by atoms with van der Waals surface area (Å²) in [6.07, 6.45) is 3.57. The molecule has 0 bridgehead atoms. The molecule has 1 aliphatic carbocycles. The molecule has 2 unspecified atom stereocenters. The summed E-state index contributed by atoms with van der Waals surface area (Å²) < 4.78 is 13.8. The van der Waals surface area contributed by atoms with Gasteiger partial charge in [-0.15, -0.1) is 0 Å². The van der Waals surface area contributed by atoms with Gasteiger partial charge in [0.1, 0.15) is 10.8 Å². The Labute approximate surface area is 119 Å². The molecule has 1 aromatic carbocycles. The molecule has 0 amide bonds. The van der Waals surface area contributed by atoms with Gasteiger partial charge in [0.15, 0.2) is 0 Å². The molecule has 1 aliphatic rings. The number of anilines is 1. The molecule has 104 valence electrons. The van der Waals surface area contributed by atoms with Crippen molar-refractivity contribution in [3.63, 3.8) is 0 Å². The van der Waals surface area contributed by atoms with E-state index in [4.69, 9.17) is 18.0 Å². The largest absolute Gasteiger partial charge is 0.389 e. The average Bonchev–Trinajstić information content (AvgIpc) is 2.26. The van der Waals surface area contributed by atoms with E-state index in [1.165, 1.54) is 12.5 Å². The summed E-state index contributed by atoms with van der Waals surface area (Å²) >= 11 is 4.80. The van der Waals surface area contributed by atoms with E-state index in [9.17, 15) is 4.39 Å². The number of nitrogens with one attached hydrogen (secondary N) is 1. The zero-order valence-corrected chi connectivity index (χ0v) is 12.3. The normalized spacial score (nSPS) is 27.0. The molecule has 2 rings (SSSR count). The second kappa shape index (κ2) is 5.87. The monoisotopic (exact) mass is 280 g/mol. The lowest BCUT2D eigenvalue weighted by molar-refractivity contribution is 0.281. The van der Waals surface area contributed by atoms with Crippen LogP contribution in [-0.2, 0) is 0 Å². The number of rotatable bonds is 3. The van der Waals surface area contributed by atoms with Crippen LogP contribution in [0, 0.1) is 17.7 Å². The first-order valence-corrected chi connectivity index (χ1v) is 7.22. The van der Waals surface area contributed by atoms with Gasteiger partial charge in [-0.3, -0.25) is 0 Å². The number of benzene rings is 1. The highest BCUT2D eigenvalue weighted by Crippen LogP contribution is 2.30. The Morgan fingerprint density at radius 1 is 1.26 bits per heavy atom. The van der Waals surface area contributed by atoms with Crippen molar-refractivity contribution in [2.75, 3.05) is 5.32 Å². The molecule has 2 atom stereocenters. The maximum atomic E-state index is 13.8. The number of nitrogens with two attached hydrogens (primary N) is 1. The molecule has 0 radical (unpaired) electrons. The molecule has 1 saturated carbocycles. The zero-order chi connectivity index (χ0) is 14.0. The Bertz CT molecular complexity index is 465. The molecule has 2 nitrogen and oxygen atoms in total. The highest BCUT2D eigenvalue weighted by Gasteiger charge is 2.23. The first-order chi connectivity index (χ1) is 8.95. The Morgan fingerprint density at radius 3 is 2.42 bits per heavy atom. The van der Waals surface area contributed by atoms with Crippen LogP contribution in [0.2, 0.25) is 0 Å². The van der Waals surface area contributed by atoms with Crippen molar-refractivity contribution in [2.45, 2.75) is 39.2 Å². The van der Waals surface area contributed by atoms with E-state index >= 15 is 0 Å². The Balaban J connectivity index is 2.07. The summed E-state index contributed by atoms with van der Waals surface area (Å²) in [5.74, 6) is 1.10. The lowest BCUT2D eigenvalue weighted by atomic mass is 9.80. The van der Waals surface area contributed by atoms with Crippen molar-refractivity contribution in [2.24, 2.45) is 17.6 Å². The highest BCUT2D eigenvalue weighted by atomic mass is 32.1. The van der Waals surface area contributed by atoms with E-state index in [0.29, 0.717) is 11.6 Å². The summed E-state index contributed by atoms with van der Waals surface area (Å²) in [6, 6.07) is 5.41. The van der Waals surface area contributed by atoms with Crippen molar-refractivity contribution in [3.8, 4) is 0 Å². The predicted octanol–water partition coefficient (Wildman–Crippen LogP) is 3.70. The third-order valence-electron chi connectivity index (χ3n) is 3.78. The highest BCUT2D eigenvalue weighted by molar-refractivity contribution is 7.80. The minimum absolute atomic E-state index is 0.101. The predicted molar refractivity (Wildman–Crippen MR) is 81.9 cm³/mol. The first-order valence-electron chi connectivity index (χ1n) is 6.81. The van der Waals surface area contributed by atoms with Crippen molar-refractivity contribution >= 4 is 22.9 Å². The summed E-state index contributed by atoms with van der Waals surface area (Å²) in [5.41, 5.74) is 6.58. The fourth-order valence-electron chi connectivity index (χ4n) is 3.11. The molecular weight excluding hydrogens is 259 g/mol. The molecule has 3 N–H and O–H groups in total. The summed E-state index contributed by atoms with van der Waals surface area (Å²) in [6.45, 7) is 4.56. The topological polar surface area (TPSA) is 38.0 Å². The van der Waals surface area contributed by atoms with Gasteiger partial charge in [-0.1, -0.05) is 26.1 Å². The van der Waals surface area contributed by atoms with E-state index in [2.05, 4.69) is 19.2 Å². The van der Waals surface area contributed by atoms with Crippen LogP contribution in [0.5, 0.6) is 0 Å². The van der Waals surface area contributed by atoms with Crippen LogP contribution in [0.1, 0.15) is 38.7 Å². The summed E-state index contributed by atoms with van der Waals surface area (Å²) in [4.78, 5) is 0.101. The van der Waals surface area contributed by atoms with Crippen LogP contribution in [0.4, 0.5) is 10.1 Å². The Hall–Kier alpha value is -1.16. The van der Waals surface area contributed by atoms with Gasteiger partial charge in [-0.2, -0.15) is 0 Å². The van der Waals surface area contributed by atoms with Crippen LogP contribution in [-0.4, -0.2) is 11.0 Å². The van der Waals surface area contributed by atoms with Crippen molar-refractivity contribution in [1.29, 1.82) is 0 Å². The van der Waals surface area contributed by atoms with E-state index in [-0.39, 0.29) is 10.8 Å². The summed E-state index contributed by atoms with van der Waals surface area (Å²) in [7, 11) is 0. The van der Waals surface area contributed by atoms with Crippen LogP contribution in [0.3, 0.4) is 0 Å². The maximum absolute atomic E-state index is 13.8. The van der Waals surface area contributed by atoms with Gasteiger partial charge in [0.05, 0.1) is 0 Å². The van der Waals surface area contributed by atoms with Crippen LogP contribution in [0.25, 0.3) is 0 Å². The maximum Gasteiger partial charge on any atom is 0.135 e. The Kier molecular flexibility index (Phi) is 4.40. The number of halogens is 1. The minimum Gasteiger partial charge on any atom is -0.389 e. The van der Waals surface area contributed by atoms with E-state index in [0.717, 1.165) is 30.4 Å². The van der Waals surface area contributed by atoms with Gasteiger partial charge in [-0.25, -0.2) is 4.39 Å². The third-order valence-corrected chi connectivity index (χ3v) is 4.00. The average molecular weight is 280 g/mol.